The maximum atomic E-state index is 12.0. The van der Waals surface area contributed by atoms with E-state index in [-0.39, 0.29) is 5.91 Å². The van der Waals surface area contributed by atoms with E-state index in [1.807, 2.05) is 0 Å². The van der Waals surface area contributed by atoms with Gasteiger partial charge in [-0.25, -0.2) is 0 Å². The molecular weight excluding hydrogens is 328 g/mol. The molecule has 2 rings (SSSR count). The minimum atomic E-state index is -0.0690. The lowest BCUT2D eigenvalue weighted by Crippen LogP contribution is -2.40. The predicted octanol–water partition coefficient (Wildman–Crippen LogP) is 3.32. The van der Waals surface area contributed by atoms with Crippen molar-refractivity contribution in [3.05, 3.63) is 33.3 Å². The van der Waals surface area contributed by atoms with Crippen molar-refractivity contribution in [2.24, 2.45) is 0 Å². The van der Waals surface area contributed by atoms with Crippen LogP contribution < -0.4 is 5.32 Å². The number of halogens is 2. The second-order valence-corrected chi connectivity index (χ2v) is 6.19. The van der Waals surface area contributed by atoms with Crippen LogP contribution in [0.15, 0.2) is 22.7 Å². The first-order valence-corrected chi connectivity index (χ1v) is 7.72. The Balaban J connectivity index is 1.88. The fraction of sp³-hybridized carbons (Fsp3) is 0.500. The van der Waals surface area contributed by atoms with Crippen LogP contribution in [0, 0.1) is 0 Å². The van der Waals surface area contributed by atoms with Crippen LogP contribution in [0.4, 0.5) is 0 Å². The zero-order valence-electron chi connectivity index (χ0n) is 11.0. The minimum Gasteiger partial charge on any atom is -0.350 e. The molecule has 0 saturated carbocycles. The minimum absolute atomic E-state index is 0.0690. The molecule has 1 aromatic rings. The zero-order valence-corrected chi connectivity index (χ0v) is 13.3. The average Bonchev–Trinajstić information content (AvgIpc) is 2.92. The fourth-order valence-corrected chi connectivity index (χ4v) is 2.72. The van der Waals surface area contributed by atoms with Gasteiger partial charge in [-0.15, -0.1) is 0 Å². The van der Waals surface area contributed by atoms with Crippen molar-refractivity contribution in [1.82, 2.24) is 10.2 Å². The molecule has 0 radical (unpaired) electrons. The number of hydrogen-bond donors (Lipinski definition) is 1. The maximum absolute atomic E-state index is 12.0. The summed E-state index contributed by atoms with van der Waals surface area (Å²) in [6.07, 6.45) is 2.53. The lowest BCUT2D eigenvalue weighted by molar-refractivity contribution is 0.0940. The Morgan fingerprint density at radius 2 is 2.16 bits per heavy atom. The highest BCUT2D eigenvalue weighted by Gasteiger charge is 2.18. The van der Waals surface area contributed by atoms with Crippen LogP contribution in [0.5, 0.6) is 0 Å². The number of rotatable bonds is 4. The van der Waals surface area contributed by atoms with E-state index in [2.05, 4.69) is 33.1 Å². The number of likely N-dealkylation sites (tertiary alicyclic amines) is 1. The molecule has 0 aromatic heterocycles. The first kappa shape index (κ1) is 14.8. The van der Waals surface area contributed by atoms with Crippen LogP contribution in [0.3, 0.4) is 0 Å². The Morgan fingerprint density at radius 3 is 2.79 bits per heavy atom. The van der Waals surface area contributed by atoms with E-state index >= 15 is 0 Å². The van der Waals surface area contributed by atoms with Crippen molar-refractivity contribution >= 4 is 33.4 Å². The molecule has 1 unspecified atom stereocenters. The Labute approximate surface area is 127 Å². The third-order valence-electron chi connectivity index (χ3n) is 3.50. The van der Waals surface area contributed by atoms with E-state index in [0.717, 1.165) is 17.6 Å². The quantitative estimate of drug-likeness (QED) is 0.908. The molecule has 1 fully saturated rings. The highest BCUT2D eigenvalue weighted by Crippen LogP contribution is 2.23. The Kier molecular flexibility index (Phi) is 5.25. The second-order valence-electron chi connectivity index (χ2n) is 4.93. The first-order valence-electron chi connectivity index (χ1n) is 6.55. The number of carbonyl (C=O) groups excluding carboxylic acids is 1. The number of hydrogen-bond acceptors (Lipinski definition) is 2. The van der Waals surface area contributed by atoms with Gasteiger partial charge in [0.1, 0.15) is 0 Å². The SMILES string of the molecule is CC(CNC(=O)c1ccc(Br)c(Cl)c1)N1CCCC1. The molecule has 0 bridgehead atoms. The van der Waals surface area contributed by atoms with Crippen molar-refractivity contribution in [1.29, 1.82) is 0 Å². The summed E-state index contributed by atoms with van der Waals surface area (Å²) in [6.45, 7) is 5.11. The maximum Gasteiger partial charge on any atom is 0.251 e. The summed E-state index contributed by atoms with van der Waals surface area (Å²) in [5.41, 5.74) is 0.599. The summed E-state index contributed by atoms with van der Waals surface area (Å²) in [5, 5.41) is 3.52. The Morgan fingerprint density at radius 1 is 1.47 bits per heavy atom. The lowest BCUT2D eigenvalue weighted by Gasteiger charge is -2.23. The van der Waals surface area contributed by atoms with Gasteiger partial charge in [-0.3, -0.25) is 9.69 Å². The summed E-state index contributed by atoms with van der Waals surface area (Å²) < 4.78 is 0.802. The topological polar surface area (TPSA) is 32.3 Å². The van der Waals surface area contributed by atoms with E-state index in [0.29, 0.717) is 23.2 Å². The van der Waals surface area contributed by atoms with Gasteiger partial charge in [0, 0.05) is 22.6 Å². The van der Waals surface area contributed by atoms with Crippen LogP contribution >= 0.6 is 27.5 Å². The number of carbonyl (C=O) groups is 1. The lowest BCUT2D eigenvalue weighted by atomic mass is 10.2. The Bertz CT molecular complexity index is 461. The van der Waals surface area contributed by atoms with Gasteiger partial charge in [0.2, 0.25) is 0 Å². The van der Waals surface area contributed by atoms with E-state index in [1.54, 1.807) is 18.2 Å². The number of amides is 1. The number of nitrogens with one attached hydrogen (secondary N) is 1. The van der Waals surface area contributed by atoms with Gasteiger partial charge >= 0.3 is 0 Å². The highest BCUT2D eigenvalue weighted by atomic mass is 79.9. The molecule has 3 nitrogen and oxygen atoms in total. The molecule has 19 heavy (non-hydrogen) atoms. The summed E-state index contributed by atoms with van der Waals surface area (Å²) in [6, 6.07) is 5.63. The summed E-state index contributed by atoms with van der Waals surface area (Å²) in [5.74, 6) is -0.0690. The first-order chi connectivity index (χ1) is 9.08. The van der Waals surface area contributed by atoms with Gasteiger partial charge in [0.15, 0.2) is 0 Å². The standard InChI is InChI=1S/C14H18BrClN2O/c1-10(18-6-2-3-7-18)9-17-14(19)11-4-5-12(15)13(16)8-11/h4-5,8,10H,2-3,6-7,9H2,1H3,(H,17,19). The van der Waals surface area contributed by atoms with Crippen LogP contribution in [0.1, 0.15) is 30.1 Å². The Hall–Kier alpha value is -0.580. The largest absolute Gasteiger partial charge is 0.350 e. The molecule has 0 spiro atoms. The smallest absolute Gasteiger partial charge is 0.251 e. The van der Waals surface area contributed by atoms with Crippen molar-refractivity contribution in [3.8, 4) is 0 Å². The van der Waals surface area contributed by atoms with Gasteiger partial charge in [-0.2, -0.15) is 0 Å². The monoisotopic (exact) mass is 344 g/mol. The highest BCUT2D eigenvalue weighted by molar-refractivity contribution is 9.10. The zero-order chi connectivity index (χ0) is 13.8. The van der Waals surface area contributed by atoms with Crippen molar-refractivity contribution in [2.45, 2.75) is 25.8 Å². The summed E-state index contributed by atoms with van der Waals surface area (Å²) in [7, 11) is 0. The molecule has 5 heteroatoms. The molecule has 0 aliphatic carbocycles. The van der Waals surface area contributed by atoms with Crippen LogP contribution in [0.2, 0.25) is 5.02 Å². The van der Waals surface area contributed by atoms with Gasteiger partial charge < -0.3 is 5.32 Å². The number of benzene rings is 1. The molecule has 1 saturated heterocycles. The summed E-state index contributed by atoms with van der Waals surface area (Å²) >= 11 is 9.30. The number of nitrogens with zero attached hydrogens (tertiary/aromatic N) is 1. The van der Waals surface area contributed by atoms with E-state index < -0.39 is 0 Å². The van der Waals surface area contributed by atoms with Gasteiger partial charge in [0.25, 0.3) is 5.91 Å². The molecule has 1 aromatic carbocycles. The molecule has 1 aliphatic heterocycles. The van der Waals surface area contributed by atoms with Crippen LogP contribution in [-0.2, 0) is 0 Å². The molecule has 104 valence electrons. The second kappa shape index (κ2) is 6.73. The molecular formula is C14H18BrClN2O. The molecule has 1 amide bonds. The fourth-order valence-electron chi connectivity index (χ4n) is 2.29. The molecule has 1 heterocycles. The van der Waals surface area contributed by atoms with Crippen molar-refractivity contribution < 1.29 is 4.79 Å². The predicted molar refractivity (Wildman–Crippen MR) is 81.8 cm³/mol. The van der Waals surface area contributed by atoms with E-state index in [1.165, 1.54) is 12.8 Å². The van der Waals surface area contributed by atoms with Crippen LogP contribution in [0.25, 0.3) is 0 Å². The third-order valence-corrected chi connectivity index (χ3v) is 4.74. The van der Waals surface area contributed by atoms with Gasteiger partial charge in [-0.05, 0) is 67.0 Å². The molecule has 1 N–H and O–H groups in total. The van der Waals surface area contributed by atoms with Crippen LogP contribution in [-0.4, -0.2) is 36.5 Å². The third kappa shape index (κ3) is 3.94. The summed E-state index contributed by atoms with van der Waals surface area (Å²) in [4.78, 5) is 14.4. The van der Waals surface area contributed by atoms with Gasteiger partial charge in [-0.1, -0.05) is 11.6 Å². The average molecular weight is 346 g/mol. The van der Waals surface area contributed by atoms with E-state index in [9.17, 15) is 4.79 Å². The van der Waals surface area contributed by atoms with E-state index in [4.69, 9.17) is 11.6 Å². The molecule has 1 atom stereocenters. The van der Waals surface area contributed by atoms with Crippen molar-refractivity contribution in [3.63, 3.8) is 0 Å². The van der Waals surface area contributed by atoms with Crippen molar-refractivity contribution in [2.75, 3.05) is 19.6 Å². The molecule has 1 aliphatic rings. The normalized spacial score (nSPS) is 17.4. The van der Waals surface area contributed by atoms with Gasteiger partial charge in [0.05, 0.1) is 5.02 Å².